The fraction of sp³-hybridized carbons (Fsp3) is 0.462. The van der Waals surface area contributed by atoms with Gasteiger partial charge in [0.25, 0.3) is 0 Å². The van der Waals surface area contributed by atoms with Gasteiger partial charge in [0.15, 0.2) is 0 Å². The molecule has 0 amide bonds. The molecular formula is C13H18O3S. The van der Waals surface area contributed by atoms with Crippen LogP contribution in [0, 0.1) is 0 Å². The third-order valence-electron chi connectivity index (χ3n) is 2.40. The zero-order chi connectivity index (χ0) is 13.1. The van der Waals surface area contributed by atoms with Gasteiger partial charge >= 0.3 is 5.97 Å². The summed E-state index contributed by atoms with van der Waals surface area (Å²) in [5.74, 6) is -0.00926. The Kier molecular flexibility index (Phi) is 4.46. The first-order valence-electron chi connectivity index (χ1n) is 5.43. The van der Waals surface area contributed by atoms with Crippen molar-refractivity contribution in [3.63, 3.8) is 0 Å². The molecule has 94 valence electrons. The summed E-state index contributed by atoms with van der Waals surface area (Å²) in [6, 6.07) is 5.24. The smallest absolute Gasteiger partial charge is 0.315 e. The highest BCUT2D eigenvalue weighted by Gasteiger charge is 2.18. The van der Waals surface area contributed by atoms with Gasteiger partial charge in [0.2, 0.25) is 0 Å². The van der Waals surface area contributed by atoms with Crippen LogP contribution in [-0.4, -0.2) is 16.8 Å². The maximum atomic E-state index is 11.0. The third-order valence-corrected chi connectivity index (χ3v) is 2.66. The standard InChI is InChI=1S/C13H18O3S/c1-13(2,3)10-6-9(4-5-11(10)14)7-16-12(15)8-17/h4-6,14,17H,7-8H2,1-3H3. The second kappa shape index (κ2) is 5.45. The van der Waals surface area contributed by atoms with Gasteiger partial charge in [-0.25, -0.2) is 0 Å². The molecule has 0 saturated heterocycles. The third kappa shape index (κ3) is 3.97. The molecule has 1 rings (SSSR count). The van der Waals surface area contributed by atoms with Crippen LogP contribution < -0.4 is 0 Å². The van der Waals surface area contributed by atoms with Crippen LogP contribution in [0.4, 0.5) is 0 Å². The Morgan fingerprint density at radius 3 is 2.59 bits per heavy atom. The Bertz CT molecular complexity index is 408. The zero-order valence-corrected chi connectivity index (χ0v) is 11.3. The van der Waals surface area contributed by atoms with Crippen molar-refractivity contribution in [1.82, 2.24) is 0 Å². The highest BCUT2D eigenvalue weighted by molar-refractivity contribution is 7.81. The molecule has 0 aliphatic carbocycles. The molecule has 0 saturated carbocycles. The van der Waals surface area contributed by atoms with Gasteiger partial charge in [-0.1, -0.05) is 26.8 Å². The summed E-state index contributed by atoms with van der Waals surface area (Å²) in [7, 11) is 0. The van der Waals surface area contributed by atoms with Crippen LogP contribution in [-0.2, 0) is 21.6 Å². The fourth-order valence-electron chi connectivity index (χ4n) is 1.48. The molecule has 0 atom stereocenters. The first kappa shape index (κ1) is 13.9. The largest absolute Gasteiger partial charge is 0.508 e. The quantitative estimate of drug-likeness (QED) is 0.644. The van der Waals surface area contributed by atoms with Crippen molar-refractivity contribution in [3.05, 3.63) is 29.3 Å². The van der Waals surface area contributed by atoms with E-state index in [1.54, 1.807) is 12.1 Å². The lowest BCUT2D eigenvalue weighted by molar-refractivity contribution is -0.141. The summed E-state index contributed by atoms with van der Waals surface area (Å²) < 4.78 is 4.99. The molecular weight excluding hydrogens is 236 g/mol. The number of thiol groups is 1. The molecule has 3 nitrogen and oxygen atoms in total. The van der Waals surface area contributed by atoms with E-state index >= 15 is 0 Å². The van der Waals surface area contributed by atoms with Crippen LogP contribution in [0.5, 0.6) is 5.75 Å². The maximum Gasteiger partial charge on any atom is 0.315 e. The predicted octanol–water partition coefficient (Wildman–Crippen LogP) is 2.66. The van der Waals surface area contributed by atoms with Crippen LogP contribution >= 0.6 is 12.6 Å². The lowest BCUT2D eigenvalue weighted by atomic mass is 9.85. The van der Waals surface area contributed by atoms with E-state index in [0.717, 1.165) is 11.1 Å². The summed E-state index contributed by atoms with van der Waals surface area (Å²) in [6.07, 6.45) is 0. The molecule has 0 radical (unpaired) electrons. The van der Waals surface area contributed by atoms with E-state index in [2.05, 4.69) is 12.6 Å². The molecule has 0 bridgehead atoms. The number of hydrogen-bond acceptors (Lipinski definition) is 4. The average Bonchev–Trinajstić information content (AvgIpc) is 2.26. The lowest BCUT2D eigenvalue weighted by Gasteiger charge is -2.21. The van der Waals surface area contributed by atoms with Crippen molar-refractivity contribution < 1.29 is 14.6 Å². The number of hydrogen-bond donors (Lipinski definition) is 2. The number of benzene rings is 1. The van der Waals surface area contributed by atoms with Crippen molar-refractivity contribution in [2.45, 2.75) is 32.8 Å². The summed E-state index contributed by atoms with van der Waals surface area (Å²) in [5, 5.41) is 9.77. The van der Waals surface area contributed by atoms with E-state index in [0.29, 0.717) is 0 Å². The molecule has 0 unspecified atom stereocenters. The van der Waals surface area contributed by atoms with Crippen LogP contribution in [0.1, 0.15) is 31.9 Å². The van der Waals surface area contributed by atoms with Crippen molar-refractivity contribution >= 4 is 18.6 Å². The van der Waals surface area contributed by atoms with E-state index in [1.807, 2.05) is 26.8 Å². The highest BCUT2D eigenvalue weighted by atomic mass is 32.1. The minimum absolute atomic E-state index is 0.0736. The Morgan fingerprint density at radius 1 is 1.41 bits per heavy atom. The molecule has 0 aromatic heterocycles. The second-order valence-electron chi connectivity index (χ2n) is 4.92. The Labute approximate surface area is 107 Å². The van der Waals surface area contributed by atoms with Crippen LogP contribution in [0.15, 0.2) is 18.2 Å². The van der Waals surface area contributed by atoms with Gasteiger partial charge in [-0.3, -0.25) is 4.79 Å². The number of rotatable bonds is 3. The van der Waals surface area contributed by atoms with E-state index in [-0.39, 0.29) is 29.5 Å². The van der Waals surface area contributed by atoms with Crippen molar-refractivity contribution in [3.8, 4) is 5.75 Å². The second-order valence-corrected chi connectivity index (χ2v) is 5.24. The summed E-state index contributed by atoms with van der Waals surface area (Å²) in [4.78, 5) is 11.0. The highest BCUT2D eigenvalue weighted by Crippen LogP contribution is 2.31. The molecule has 0 spiro atoms. The average molecular weight is 254 g/mol. The van der Waals surface area contributed by atoms with Gasteiger partial charge in [-0.15, -0.1) is 0 Å². The van der Waals surface area contributed by atoms with Gasteiger partial charge in [0.05, 0.1) is 5.75 Å². The molecule has 0 heterocycles. The van der Waals surface area contributed by atoms with Gasteiger partial charge in [-0.05, 0) is 28.7 Å². The van der Waals surface area contributed by atoms with Crippen molar-refractivity contribution in [1.29, 1.82) is 0 Å². The molecule has 1 aromatic rings. The topological polar surface area (TPSA) is 46.5 Å². The maximum absolute atomic E-state index is 11.0. The Morgan fingerprint density at radius 2 is 2.06 bits per heavy atom. The molecule has 4 heteroatoms. The number of aromatic hydroxyl groups is 1. The molecule has 0 aliphatic rings. The van der Waals surface area contributed by atoms with Gasteiger partial charge in [0, 0.05) is 0 Å². The predicted molar refractivity (Wildman–Crippen MR) is 70.5 cm³/mol. The summed E-state index contributed by atoms with van der Waals surface area (Å²) in [6.45, 7) is 6.27. The minimum Gasteiger partial charge on any atom is -0.508 e. The first-order valence-corrected chi connectivity index (χ1v) is 6.06. The Balaban J connectivity index is 2.86. The van der Waals surface area contributed by atoms with Gasteiger partial charge < -0.3 is 9.84 Å². The monoisotopic (exact) mass is 254 g/mol. The number of carbonyl (C=O) groups is 1. The van der Waals surface area contributed by atoms with E-state index in [1.165, 1.54) is 0 Å². The number of esters is 1. The number of phenolic OH excluding ortho intramolecular Hbond substituents is 1. The van der Waals surface area contributed by atoms with Crippen LogP contribution in [0.25, 0.3) is 0 Å². The first-order chi connectivity index (χ1) is 7.84. The molecule has 0 aliphatic heterocycles. The minimum atomic E-state index is -0.348. The van der Waals surface area contributed by atoms with Crippen LogP contribution in [0.3, 0.4) is 0 Å². The van der Waals surface area contributed by atoms with E-state index < -0.39 is 0 Å². The molecule has 1 aromatic carbocycles. The van der Waals surface area contributed by atoms with Gasteiger partial charge in [-0.2, -0.15) is 12.6 Å². The van der Waals surface area contributed by atoms with Gasteiger partial charge in [0.1, 0.15) is 12.4 Å². The molecule has 1 N–H and O–H groups in total. The van der Waals surface area contributed by atoms with Crippen molar-refractivity contribution in [2.75, 3.05) is 5.75 Å². The van der Waals surface area contributed by atoms with Crippen molar-refractivity contribution in [2.24, 2.45) is 0 Å². The summed E-state index contributed by atoms with van der Waals surface area (Å²) in [5.41, 5.74) is 1.56. The Hall–Kier alpha value is -1.16. The SMILES string of the molecule is CC(C)(C)c1cc(COC(=O)CS)ccc1O. The van der Waals surface area contributed by atoms with E-state index in [9.17, 15) is 9.90 Å². The zero-order valence-electron chi connectivity index (χ0n) is 10.4. The van der Waals surface area contributed by atoms with E-state index in [4.69, 9.17) is 4.74 Å². The number of carbonyl (C=O) groups excluding carboxylic acids is 1. The lowest BCUT2D eigenvalue weighted by Crippen LogP contribution is -2.12. The normalized spacial score (nSPS) is 11.3. The number of ether oxygens (including phenoxy) is 1. The number of phenols is 1. The van der Waals surface area contributed by atoms with Crippen LogP contribution in [0.2, 0.25) is 0 Å². The summed E-state index contributed by atoms with van der Waals surface area (Å²) >= 11 is 3.83. The molecule has 17 heavy (non-hydrogen) atoms. The fourth-order valence-corrected chi connectivity index (χ4v) is 1.57. The molecule has 0 fully saturated rings.